The molecule has 23 heavy (non-hydrogen) atoms. The fraction of sp³-hybridized carbons (Fsp3) is 0.385. The van der Waals surface area contributed by atoms with Crippen LogP contribution in [0.4, 0.5) is 14.5 Å². The van der Waals surface area contributed by atoms with Crippen molar-refractivity contribution in [2.75, 3.05) is 18.1 Å². The number of aliphatic carboxylic acids is 1. The number of hydrogen-bond acceptors (Lipinski definition) is 6. The maximum absolute atomic E-state index is 13.2. The number of aromatic nitrogens is 1. The third-order valence-corrected chi connectivity index (χ3v) is 3.03. The maximum atomic E-state index is 13.2. The van der Waals surface area contributed by atoms with Crippen molar-refractivity contribution in [1.82, 2.24) is 4.98 Å². The van der Waals surface area contributed by atoms with Gasteiger partial charge >= 0.3 is 11.9 Å². The average Bonchev–Trinajstić information content (AvgIpc) is 2.48. The van der Waals surface area contributed by atoms with E-state index in [1.807, 2.05) is 0 Å². The summed E-state index contributed by atoms with van der Waals surface area (Å²) in [6.45, 7) is 0.884. The fourth-order valence-corrected chi connectivity index (χ4v) is 2.06. The highest BCUT2D eigenvalue weighted by molar-refractivity contribution is 6.00. The summed E-state index contributed by atoms with van der Waals surface area (Å²) in [5, 5.41) is 9.08. The Morgan fingerprint density at radius 2 is 2.22 bits per heavy atom. The summed E-state index contributed by atoms with van der Waals surface area (Å²) in [6.07, 6.45) is -2.51. The molecule has 1 aliphatic rings. The number of pyridine rings is 1. The summed E-state index contributed by atoms with van der Waals surface area (Å²) >= 11 is 0. The second-order valence-corrected chi connectivity index (χ2v) is 4.62. The van der Waals surface area contributed by atoms with Gasteiger partial charge < -0.3 is 19.5 Å². The molecule has 1 saturated heterocycles. The van der Waals surface area contributed by atoms with E-state index in [1.54, 1.807) is 0 Å². The van der Waals surface area contributed by atoms with Gasteiger partial charge in [0.25, 0.3) is 5.91 Å². The molecule has 0 bridgehead atoms. The van der Waals surface area contributed by atoms with Crippen LogP contribution in [-0.4, -0.2) is 53.3 Å². The molecule has 2 atom stereocenters. The van der Waals surface area contributed by atoms with Gasteiger partial charge in [0.05, 0.1) is 18.5 Å². The first-order chi connectivity index (χ1) is 10.8. The Labute approximate surface area is 128 Å². The lowest BCUT2D eigenvalue weighted by Crippen LogP contribution is -2.55. The first-order valence-electron chi connectivity index (χ1n) is 6.45. The summed E-state index contributed by atoms with van der Waals surface area (Å²) in [7, 11) is 0. The molecule has 1 N–H and O–H groups in total. The lowest BCUT2D eigenvalue weighted by atomic mass is 10.1. The van der Waals surface area contributed by atoms with Crippen molar-refractivity contribution < 1.29 is 37.7 Å². The average molecular weight is 330 g/mol. The molecule has 1 aromatic rings. The Bertz CT molecular complexity index is 653. The monoisotopic (exact) mass is 330 g/mol. The van der Waals surface area contributed by atoms with Gasteiger partial charge in [-0.25, -0.2) is 14.2 Å². The number of amides is 1. The first-order valence-corrected chi connectivity index (χ1v) is 6.45. The van der Waals surface area contributed by atoms with E-state index in [2.05, 4.69) is 9.72 Å². The van der Waals surface area contributed by atoms with Crippen molar-refractivity contribution in [2.45, 2.75) is 19.1 Å². The molecule has 1 amide bonds. The standard InChI is InChI=1S/C13H12F2N2O6/c1-6(18)23-10(13(20)21)9-12(19)17(2-3-22-9)7-4-8(14)11(15)16-5-7/h4-5,9-10H,2-3H2,1H3,(H,20,21)/t9-,10?/m1/s1. The molecule has 124 valence electrons. The van der Waals surface area contributed by atoms with E-state index < -0.39 is 41.8 Å². The Kier molecular flexibility index (Phi) is 4.84. The third-order valence-electron chi connectivity index (χ3n) is 3.03. The Morgan fingerprint density at radius 3 is 2.78 bits per heavy atom. The molecule has 2 heterocycles. The molecule has 8 nitrogen and oxygen atoms in total. The number of nitrogens with zero attached hydrogens (tertiary/aromatic N) is 2. The fourth-order valence-electron chi connectivity index (χ4n) is 2.06. The second-order valence-electron chi connectivity index (χ2n) is 4.62. The molecule has 1 aromatic heterocycles. The van der Waals surface area contributed by atoms with E-state index in [1.165, 1.54) is 0 Å². The number of carboxylic acids is 1. The maximum Gasteiger partial charge on any atom is 0.348 e. The number of hydrogen-bond donors (Lipinski definition) is 1. The molecule has 1 unspecified atom stereocenters. The lowest BCUT2D eigenvalue weighted by Gasteiger charge is -2.34. The minimum absolute atomic E-state index is 0.0193. The predicted molar refractivity (Wildman–Crippen MR) is 69.4 cm³/mol. The van der Waals surface area contributed by atoms with Crippen molar-refractivity contribution in [1.29, 1.82) is 0 Å². The quantitative estimate of drug-likeness (QED) is 0.617. The number of rotatable bonds is 4. The van der Waals surface area contributed by atoms with Gasteiger partial charge in [-0.2, -0.15) is 4.39 Å². The zero-order chi connectivity index (χ0) is 17.1. The summed E-state index contributed by atoms with van der Waals surface area (Å²) in [6, 6.07) is 0.754. The van der Waals surface area contributed by atoms with Crippen LogP contribution in [0.15, 0.2) is 12.3 Å². The number of carboxylic acid groups (broad SMARTS) is 1. The highest BCUT2D eigenvalue weighted by Crippen LogP contribution is 2.22. The van der Waals surface area contributed by atoms with Crippen LogP contribution in [0.2, 0.25) is 0 Å². The molecule has 0 aromatic carbocycles. The van der Waals surface area contributed by atoms with E-state index >= 15 is 0 Å². The first kappa shape index (κ1) is 16.7. The molecule has 10 heteroatoms. The second kappa shape index (κ2) is 6.65. The topological polar surface area (TPSA) is 106 Å². The number of halogens is 2. The van der Waals surface area contributed by atoms with Gasteiger partial charge in [0.2, 0.25) is 12.1 Å². The van der Waals surface area contributed by atoms with Crippen molar-refractivity contribution >= 4 is 23.5 Å². The number of anilines is 1. The van der Waals surface area contributed by atoms with Crippen LogP contribution < -0.4 is 4.90 Å². The minimum atomic E-state index is -1.85. The van der Waals surface area contributed by atoms with Gasteiger partial charge in [-0.15, -0.1) is 0 Å². The molecular formula is C13H12F2N2O6. The Hall–Kier alpha value is -2.62. The van der Waals surface area contributed by atoms with Crippen molar-refractivity contribution in [3.05, 3.63) is 24.0 Å². The van der Waals surface area contributed by atoms with Crippen molar-refractivity contribution in [2.24, 2.45) is 0 Å². The van der Waals surface area contributed by atoms with Gasteiger partial charge in [-0.05, 0) is 0 Å². The van der Waals surface area contributed by atoms with Crippen molar-refractivity contribution in [3.8, 4) is 0 Å². The van der Waals surface area contributed by atoms with Crippen LogP contribution >= 0.6 is 0 Å². The highest BCUT2D eigenvalue weighted by atomic mass is 19.2. The molecule has 0 spiro atoms. The third kappa shape index (κ3) is 3.59. The molecule has 0 radical (unpaired) electrons. The van der Waals surface area contributed by atoms with Crippen LogP contribution in [0.25, 0.3) is 0 Å². The van der Waals surface area contributed by atoms with Gasteiger partial charge in [0, 0.05) is 19.5 Å². The predicted octanol–water partition coefficient (Wildman–Crippen LogP) is 0.108. The van der Waals surface area contributed by atoms with E-state index in [-0.39, 0.29) is 18.8 Å². The van der Waals surface area contributed by atoms with Crippen LogP contribution in [0, 0.1) is 11.8 Å². The minimum Gasteiger partial charge on any atom is -0.478 e. The molecular weight excluding hydrogens is 318 g/mol. The van der Waals surface area contributed by atoms with E-state index in [9.17, 15) is 23.2 Å². The van der Waals surface area contributed by atoms with E-state index in [0.717, 1.165) is 24.1 Å². The normalized spacial score (nSPS) is 19.3. The van der Waals surface area contributed by atoms with Crippen LogP contribution in [0.5, 0.6) is 0 Å². The van der Waals surface area contributed by atoms with Gasteiger partial charge in [0.1, 0.15) is 0 Å². The Balaban J connectivity index is 2.27. The number of ether oxygens (including phenoxy) is 2. The molecule has 1 fully saturated rings. The SMILES string of the molecule is CC(=O)OC(C(=O)O)[C@H]1OCCN(c2cnc(F)c(F)c2)C1=O. The number of esters is 1. The summed E-state index contributed by atoms with van der Waals surface area (Å²) in [5.41, 5.74) is -0.0610. The molecule has 0 aliphatic carbocycles. The largest absolute Gasteiger partial charge is 0.478 e. The smallest absolute Gasteiger partial charge is 0.348 e. The molecule has 0 saturated carbocycles. The van der Waals surface area contributed by atoms with Gasteiger partial charge in [-0.1, -0.05) is 0 Å². The van der Waals surface area contributed by atoms with Crippen LogP contribution in [0.1, 0.15) is 6.92 Å². The van der Waals surface area contributed by atoms with Gasteiger partial charge in [-0.3, -0.25) is 9.59 Å². The summed E-state index contributed by atoms with van der Waals surface area (Å²) in [4.78, 5) is 38.7. The van der Waals surface area contributed by atoms with E-state index in [4.69, 9.17) is 9.84 Å². The van der Waals surface area contributed by atoms with Crippen LogP contribution in [0.3, 0.4) is 0 Å². The molecule has 2 rings (SSSR count). The number of morpholine rings is 1. The van der Waals surface area contributed by atoms with Crippen LogP contribution in [-0.2, 0) is 23.9 Å². The lowest BCUT2D eigenvalue weighted by molar-refractivity contribution is -0.177. The zero-order valence-electron chi connectivity index (χ0n) is 11.9. The number of carbonyl (C=O) groups is 3. The van der Waals surface area contributed by atoms with E-state index in [0.29, 0.717) is 0 Å². The van der Waals surface area contributed by atoms with Crippen molar-refractivity contribution in [3.63, 3.8) is 0 Å². The van der Waals surface area contributed by atoms with Gasteiger partial charge in [0.15, 0.2) is 11.9 Å². The Morgan fingerprint density at radius 1 is 1.52 bits per heavy atom. The molecule has 1 aliphatic heterocycles. The summed E-state index contributed by atoms with van der Waals surface area (Å²) in [5.74, 6) is -5.91. The highest BCUT2D eigenvalue weighted by Gasteiger charge is 2.42. The zero-order valence-corrected chi connectivity index (χ0v) is 11.9. The number of carbonyl (C=O) groups excluding carboxylic acids is 2. The summed E-state index contributed by atoms with van der Waals surface area (Å²) < 4.78 is 35.8.